The Morgan fingerprint density at radius 1 is 1.20 bits per heavy atom. The normalized spacial score (nSPS) is 14.9. The number of hydrogen-bond donors (Lipinski definition) is 2. The fraction of sp³-hybridized carbons (Fsp3) is 0.389. The molecule has 1 unspecified atom stereocenters. The summed E-state index contributed by atoms with van der Waals surface area (Å²) in [5.74, 6) is 0.0932. The summed E-state index contributed by atoms with van der Waals surface area (Å²) < 4.78 is 2.36. The van der Waals surface area contributed by atoms with E-state index >= 15 is 0 Å². The van der Waals surface area contributed by atoms with E-state index in [9.17, 15) is 14.4 Å². The quantitative estimate of drug-likeness (QED) is 0.735. The molecule has 1 atom stereocenters. The van der Waals surface area contributed by atoms with Crippen LogP contribution in [0.2, 0.25) is 0 Å². The summed E-state index contributed by atoms with van der Waals surface area (Å²) in [5.41, 5.74) is 5.89. The molecule has 2 aromatic rings. The van der Waals surface area contributed by atoms with Gasteiger partial charge in [0.15, 0.2) is 0 Å². The second-order valence-electron chi connectivity index (χ2n) is 6.44. The van der Waals surface area contributed by atoms with Crippen LogP contribution in [-0.4, -0.2) is 27.6 Å². The number of benzene rings is 1. The molecule has 3 N–H and O–H groups in total. The van der Waals surface area contributed by atoms with Crippen LogP contribution in [-0.2, 0) is 17.9 Å². The van der Waals surface area contributed by atoms with Crippen molar-refractivity contribution in [1.82, 2.24) is 14.5 Å². The van der Waals surface area contributed by atoms with E-state index in [-0.39, 0.29) is 18.5 Å². The second kappa shape index (κ2) is 7.48. The van der Waals surface area contributed by atoms with Crippen molar-refractivity contribution >= 4 is 5.91 Å². The van der Waals surface area contributed by atoms with Gasteiger partial charge in [-0.3, -0.25) is 18.7 Å². The molecule has 0 radical (unpaired) electrons. The highest BCUT2D eigenvalue weighted by Gasteiger charge is 2.28. The molecule has 0 aliphatic heterocycles. The Morgan fingerprint density at radius 3 is 2.60 bits per heavy atom. The maximum atomic E-state index is 12.5. The Hall–Kier alpha value is -2.67. The van der Waals surface area contributed by atoms with Gasteiger partial charge in [0.2, 0.25) is 5.91 Å². The number of aromatic nitrogens is 2. The summed E-state index contributed by atoms with van der Waals surface area (Å²) in [6.45, 7) is 0.405. The van der Waals surface area contributed by atoms with Crippen LogP contribution in [0.15, 0.2) is 52.2 Å². The number of carbonyl (C=O) groups is 1. The molecule has 25 heavy (non-hydrogen) atoms. The number of nitrogens with zero attached hydrogens (tertiary/aromatic N) is 2. The van der Waals surface area contributed by atoms with Crippen molar-refractivity contribution in [3.05, 3.63) is 69.0 Å². The van der Waals surface area contributed by atoms with E-state index in [4.69, 9.17) is 5.73 Å². The average molecular weight is 342 g/mol. The summed E-state index contributed by atoms with van der Waals surface area (Å²) in [6.07, 6.45) is 3.65. The standard InChI is InChI=1S/C18H22N4O3/c19-15(14-6-7-14)10-20-16(23)12-22-17(24)8-9-21(18(22)25)11-13-4-2-1-3-5-13/h1-5,8-9,14-15H,6-7,10-12,19H2,(H,20,23). The average Bonchev–Trinajstić information content (AvgIpc) is 3.45. The van der Waals surface area contributed by atoms with Crippen molar-refractivity contribution in [1.29, 1.82) is 0 Å². The zero-order chi connectivity index (χ0) is 17.8. The van der Waals surface area contributed by atoms with Crippen molar-refractivity contribution in [2.45, 2.75) is 32.0 Å². The highest BCUT2D eigenvalue weighted by atomic mass is 16.2. The molecule has 1 aromatic carbocycles. The van der Waals surface area contributed by atoms with E-state index in [0.29, 0.717) is 19.0 Å². The summed E-state index contributed by atoms with van der Waals surface area (Å²) in [4.78, 5) is 36.5. The molecular formula is C18H22N4O3. The molecule has 0 bridgehead atoms. The Morgan fingerprint density at radius 2 is 1.92 bits per heavy atom. The molecule has 1 aliphatic carbocycles. The van der Waals surface area contributed by atoms with Gasteiger partial charge in [-0.1, -0.05) is 30.3 Å². The molecule has 7 heteroatoms. The van der Waals surface area contributed by atoms with Gasteiger partial charge in [0.1, 0.15) is 6.54 Å². The zero-order valence-corrected chi connectivity index (χ0v) is 13.9. The first-order valence-electron chi connectivity index (χ1n) is 8.41. The molecular weight excluding hydrogens is 320 g/mol. The van der Waals surface area contributed by atoms with Gasteiger partial charge < -0.3 is 11.1 Å². The Kier molecular flexibility index (Phi) is 5.14. The highest BCUT2D eigenvalue weighted by molar-refractivity contribution is 5.75. The Balaban J connectivity index is 1.69. The molecule has 1 saturated carbocycles. The lowest BCUT2D eigenvalue weighted by atomic mass is 10.2. The van der Waals surface area contributed by atoms with Crippen molar-refractivity contribution in [3.63, 3.8) is 0 Å². The van der Waals surface area contributed by atoms with Crippen LogP contribution in [0.1, 0.15) is 18.4 Å². The lowest BCUT2D eigenvalue weighted by molar-refractivity contribution is -0.121. The minimum absolute atomic E-state index is 0.0637. The first-order valence-corrected chi connectivity index (χ1v) is 8.41. The molecule has 1 amide bonds. The van der Waals surface area contributed by atoms with Gasteiger partial charge in [0.05, 0.1) is 6.54 Å². The van der Waals surface area contributed by atoms with Crippen molar-refractivity contribution < 1.29 is 4.79 Å². The third kappa shape index (κ3) is 4.45. The van der Waals surface area contributed by atoms with E-state index in [1.165, 1.54) is 16.8 Å². The predicted molar refractivity (Wildman–Crippen MR) is 94.2 cm³/mol. The van der Waals surface area contributed by atoms with Crippen molar-refractivity contribution in [3.8, 4) is 0 Å². The number of rotatable bonds is 7. The Labute approximate surface area is 145 Å². The predicted octanol–water partition coefficient (Wildman–Crippen LogP) is -0.0882. The number of hydrogen-bond acceptors (Lipinski definition) is 4. The monoisotopic (exact) mass is 342 g/mol. The van der Waals surface area contributed by atoms with Crippen LogP contribution in [0.3, 0.4) is 0 Å². The molecule has 1 heterocycles. The number of nitrogens with one attached hydrogen (secondary N) is 1. The van der Waals surface area contributed by atoms with Gasteiger partial charge in [0.25, 0.3) is 5.56 Å². The minimum atomic E-state index is -0.502. The molecule has 1 fully saturated rings. The third-order valence-electron chi connectivity index (χ3n) is 4.40. The third-order valence-corrected chi connectivity index (χ3v) is 4.40. The van der Waals surface area contributed by atoms with E-state index in [1.807, 2.05) is 30.3 Å². The fourth-order valence-electron chi connectivity index (χ4n) is 2.73. The SMILES string of the molecule is NC(CNC(=O)Cn1c(=O)ccn(Cc2ccccc2)c1=O)C1CC1. The van der Waals surface area contributed by atoms with Crippen LogP contribution in [0, 0.1) is 5.92 Å². The van der Waals surface area contributed by atoms with Crippen LogP contribution >= 0.6 is 0 Å². The number of amides is 1. The number of carbonyl (C=O) groups excluding carboxylic acids is 1. The number of nitrogens with two attached hydrogens (primary N) is 1. The summed E-state index contributed by atoms with van der Waals surface area (Å²) in [6, 6.07) is 10.7. The topological polar surface area (TPSA) is 99.1 Å². The maximum Gasteiger partial charge on any atom is 0.331 e. The summed E-state index contributed by atoms with van der Waals surface area (Å²) in [5, 5.41) is 2.70. The summed E-state index contributed by atoms with van der Waals surface area (Å²) >= 11 is 0. The first kappa shape index (κ1) is 17.2. The largest absolute Gasteiger partial charge is 0.353 e. The molecule has 0 saturated heterocycles. The molecule has 1 aromatic heterocycles. The molecule has 1 aliphatic rings. The van der Waals surface area contributed by atoms with Gasteiger partial charge in [-0.15, -0.1) is 0 Å². The van der Waals surface area contributed by atoms with Crippen molar-refractivity contribution in [2.75, 3.05) is 6.54 Å². The molecule has 132 valence electrons. The van der Waals surface area contributed by atoms with E-state index in [2.05, 4.69) is 5.32 Å². The van der Waals surface area contributed by atoms with Gasteiger partial charge >= 0.3 is 5.69 Å². The van der Waals surface area contributed by atoms with Crippen molar-refractivity contribution in [2.24, 2.45) is 11.7 Å². The maximum absolute atomic E-state index is 12.5. The Bertz CT molecular complexity index is 853. The fourth-order valence-corrected chi connectivity index (χ4v) is 2.73. The van der Waals surface area contributed by atoms with E-state index < -0.39 is 11.2 Å². The lowest BCUT2D eigenvalue weighted by Crippen LogP contribution is -2.45. The molecule has 7 nitrogen and oxygen atoms in total. The van der Waals surface area contributed by atoms with Crippen LogP contribution in [0.4, 0.5) is 0 Å². The highest BCUT2D eigenvalue weighted by Crippen LogP contribution is 2.31. The lowest BCUT2D eigenvalue weighted by Gasteiger charge is -2.13. The zero-order valence-electron chi connectivity index (χ0n) is 13.9. The van der Waals surface area contributed by atoms with Gasteiger partial charge in [-0.25, -0.2) is 4.79 Å². The van der Waals surface area contributed by atoms with Gasteiger partial charge in [-0.05, 0) is 24.3 Å². The van der Waals surface area contributed by atoms with Crippen LogP contribution in [0.25, 0.3) is 0 Å². The molecule has 0 spiro atoms. The van der Waals surface area contributed by atoms with Gasteiger partial charge in [-0.2, -0.15) is 0 Å². The van der Waals surface area contributed by atoms with E-state index in [0.717, 1.165) is 23.0 Å². The minimum Gasteiger partial charge on any atom is -0.353 e. The van der Waals surface area contributed by atoms with Gasteiger partial charge in [0, 0.05) is 24.8 Å². The smallest absolute Gasteiger partial charge is 0.331 e. The molecule has 3 rings (SSSR count). The van der Waals surface area contributed by atoms with Crippen LogP contribution < -0.4 is 22.3 Å². The van der Waals surface area contributed by atoms with Crippen LogP contribution in [0.5, 0.6) is 0 Å². The second-order valence-corrected chi connectivity index (χ2v) is 6.44. The first-order chi connectivity index (χ1) is 12.0. The van der Waals surface area contributed by atoms with E-state index in [1.54, 1.807) is 0 Å². The summed E-state index contributed by atoms with van der Waals surface area (Å²) in [7, 11) is 0.